The second-order valence-corrected chi connectivity index (χ2v) is 9.49. The zero-order chi connectivity index (χ0) is 22.6. The number of aromatic nitrogens is 1. The Morgan fingerprint density at radius 2 is 2.00 bits per heavy atom. The molecule has 0 fully saturated rings. The van der Waals surface area contributed by atoms with E-state index >= 15 is 0 Å². The molecule has 4 aromatic rings. The van der Waals surface area contributed by atoms with E-state index in [1.807, 2.05) is 0 Å². The molecule has 9 heteroatoms. The molecule has 5 nitrogen and oxygen atoms in total. The molecule has 1 aromatic heterocycles. The van der Waals surface area contributed by atoms with Crippen molar-refractivity contribution < 1.29 is 19.0 Å². The van der Waals surface area contributed by atoms with Crippen LogP contribution in [0, 0.1) is 5.82 Å². The molecule has 1 aliphatic heterocycles. The fraction of sp³-hybridized carbons (Fsp3) is 0.130. The van der Waals surface area contributed by atoms with Crippen molar-refractivity contribution in [3.05, 3.63) is 91.6 Å². The van der Waals surface area contributed by atoms with Crippen molar-refractivity contribution >= 4 is 55.0 Å². The number of benzene rings is 3. The lowest BCUT2D eigenvalue weighted by Gasteiger charge is -2.36. The lowest BCUT2D eigenvalue weighted by Crippen LogP contribution is -2.44. The molecule has 162 valence electrons. The normalized spacial score (nSPS) is 17.8. The smallest absolute Gasteiger partial charge is 0.259 e. The first-order valence-electron chi connectivity index (χ1n) is 9.53. The molecule has 0 bridgehead atoms. The molecule has 1 atom stereocenters. The summed E-state index contributed by atoms with van der Waals surface area (Å²) in [7, 11) is 1.57. The molecule has 1 unspecified atom stereocenters. The van der Waals surface area contributed by atoms with Gasteiger partial charge in [-0.15, -0.1) is 11.3 Å². The van der Waals surface area contributed by atoms with Gasteiger partial charge in [0.25, 0.3) is 5.91 Å². The summed E-state index contributed by atoms with van der Waals surface area (Å²) >= 11 is 11.3. The molecule has 0 aliphatic carbocycles. The SMILES string of the molecule is COc1ccc(CN2C(=O)c3c(c(Br)cc4scnc34)C2(O)c2cc(F)ccc2Cl)cc1. The highest BCUT2D eigenvalue weighted by Crippen LogP contribution is 2.50. The average molecular weight is 534 g/mol. The van der Waals surface area contributed by atoms with Crippen molar-refractivity contribution in [1.29, 1.82) is 0 Å². The Bertz CT molecular complexity index is 1380. The van der Waals surface area contributed by atoms with Crippen molar-refractivity contribution in [3.63, 3.8) is 0 Å². The van der Waals surface area contributed by atoms with Crippen LogP contribution in [0.5, 0.6) is 5.75 Å². The van der Waals surface area contributed by atoms with Gasteiger partial charge < -0.3 is 9.84 Å². The molecule has 1 aliphatic rings. The number of fused-ring (bicyclic) bond motifs is 3. The minimum absolute atomic E-state index is 0.0545. The van der Waals surface area contributed by atoms with E-state index in [2.05, 4.69) is 20.9 Å². The maximum absolute atomic E-state index is 14.3. The molecule has 0 saturated heterocycles. The number of hydrogen-bond acceptors (Lipinski definition) is 5. The lowest BCUT2D eigenvalue weighted by atomic mass is 9.93. The van der Waals surface area contributed by atoms with Crippen LogP contribution < -0.4 is 4.74 Å². The van der Waals surface area contributed by atoms with Crippen LogP contribution in [-0.2, 0) is 12.3 Å². The van der Waals surface area contributed by atoms with Gasteiger partial charge in [-0.3, -0.25) is 9.69 Å². The third kappa shape index (κ3) is 3.13. The van der Waals surface area contributed by atoms with Crippen molar-refractivity contribution in [1.82, 2.24) is 9.88 Å². The quantitative estimate of drug-likeness (QED) is 0.365. The van der Waals surface area contributed by atoms with E-state index in [4.69, 9.17) is 16.3 Å². The molecule has 2 heterocycles. The highest BCUT2D eigenvalue weighted by Gasteiger charge is 2.53. The van der Waals surface area contributed by atoms with E-state index in [-0.39, 0.29) is 22.7 Å². The Kier molecular flexibility index (Phi) is 5.21. The van der Waals surface area contributed by atoms with Crippen LogP contribution in [0.4, 0.5) is 4.39 Å². The van der Waals surface area contributed by atoms with Crippen molar-refractivity contribution in [2.45, 2.75) is 12.3 Å². The van der Waals surface area contributed by atoms with Crippen LogP contribution in [-0.4, -0.2) is 28.0 Å². The fourth-order valence-corrected chi connectivity index (χ4v) is 5.91. The Labute approximate surface area is 200 Å². The van der Waals surface area contributed by atoms with Crippen LogP contribution in [0.2, 0.25) is 5.02 Å². The number of halogens is 3. The monoisotopic (exact) mass is 532 g/mol. The van der Waals surface area contributed by atoms with E-state index in [1.54, 1.807) is 43.0 Å². The Hall–Kier alpha value is -2.52. The number of carbonyl (C=O) groups is 1. The first-order chi connectivity index (χ1) is 15.3. The minimum atomic E-state index is -2.01. The summed E-state index contributed by atoms with van der Waals surface area (Å²) in [6.07, 6.45) is 0. The largest absolute Gasteiger partial charge is 0.497 e. The Morgan fingerprint density at radius 3 is 2.72 bits per heavy atom. The summed E-state index contributed by atoms with van der Waals surface area (Å²) in [5.41, 5.74) is 1.52. The molecule has 0 radical (unpaired) electrons. The van der Waals surface area contributed by atoms with Gasteiger partial charge in [0.15, 0.2) is 5.72 Å². The molecule has 0 spiro atoms. The zero-order valence-corrected chi connectivity index (χ0v) is 19.8. The molecular formula is C23H15BrClFN2O3S. The number of hydrogen-bond donors (Lipinski definition) is 1. The number of carbonyl (C=O) groups excluding carboxylic acids is 1. The van der Waals surface area contributed by atoms with Crippen LogP contribution in [0.15, 0.2) is 58.5 Å². The number of rotatable bonds is 4. The van der Waals surface area contributed by atoms with Gasteiger partial charge in [0.1, 0.15) is 11.6 Å². The number of methoxy groups -OCH3 is 1. The molecular weight excluding hydrogens is 519 g/mol. The zero-order valence-electron chi connectivity index (χ0n) is 16.6. The number of aliphatic hydroxyl groups is 1. The predicted molar refractivity (Wildman–Crippen MR) is 125 cm³/mol. The summed E-state index contributed by atoms with van der Waals surface area (Å²) in [6, 6.07) is 12.7. The third-order valence-electron chi connectivity index (χ3n) is 5.58. The number of thiazole rings is 1. The van der Waals surface area contributed by atoms with Crippen molar-refractivity contribution in [2.75, 3.05) is 7.11 Å². The first kappa shape index (κ1) is 21.3. The minimum Gasteiger partial charge on any atom is -0.497 e. The first-order valence-corrected chi connectivity index (χ1v) is 11.6. The fourth-order valence-electron chi connectivity index (χ4n) is 4.08. The van der Waals surface area contributed by atoms with E-state index in [1.165, 1.54) is 28.4 Å². The standard InChI is InChI=1S/C23H15BrClFN2O3S/c1-31-14-5-2-12(3-6-14)10-28-22(29)19-20(16(24)9-18-21(19)27-11-32-18)23(28,30)15-8-13(26)4-7-17(15)25/h2-9,11,30H,10H2,1H3. The summed E-state index contributed by atoms with van der Waals surface area (Å²) in [5.74, 6) is -0.329. The summed E-state index contributed by atoms with van der Waals surface area (Å²) in [4.78, 5) is 19.4. The van der Waals surface area contributed by atoms with Crippen LogP contribution in [0.3, 0.4) is 0 Å². The second-order valence-electron chi connectivity index (χ2n) is 7.34. The van der Waals surface area contributed by atoms with E-state index in [9.17, 15) is 14.3 Å². The summed E-state index contributed by atoms with van der Waals surface area (Å²) in [6.45, 7) is 0.0545. The van der Waals surface area contributed by atoms with E-state index < -0.39 is 17.4 Å². The second kappa shape index (κ2) is 7.81. The van der Waals surface area contributed by atoms with Gasteiger partial charge >= 0.3 is 0 Å². The highest BCUT2D eigenvalue weighted by molar-refractivity contribution is 9.10. The number of ether oxygens (including phenoxy) is 1. The molecule has 5 rings (SSSR count). The molecule has 0 saturated carbocycles. The molecule has 1 amide bonds. The van der Waals surface area contributed by atoms with Crippen LogP contribution in [0.1, 0.15) is 27.0 Å². The Morgan fingerprint density at radius 1 is 1.25 bits per heavy atom. The van der Waals surface area contributed by atoms with Gasteiger partial charge in [-0.05, 0) is 42.0 Å². The van der Waals surface area contributed by atoms with Gasteiger partial charge in [0, 0.05) is 27.2 Å². The predicted octanol–water partition coefficient (Wildman–Crippen LogP) is 5.71. The molecule has 3 aromatic carbocycles. The van der Waals surface area contributed by atoms with Gasteiger partial charge in [-0.2, -0.15) is 0 Å². The van der Waals surface area contributed by atoms with Gasteiger partial charge in [0.2, 0.25) is 0 Å². The number of nitrogens with zero attached hydrogens (tertiary/aromatic N) is 2. The Balaban J connectivity index is 1.76. The topological polar surface area (TPSA) is 62.7 Å². The van der Waals surface area contributed by atoms with Crippen LogP contribution in [0.25, 0.3) is 10.2 Å². The van der Waals surface area contributed by atoms with Gasteiger partial charge in [-0.25, -0.2) is 9.37 Å². The van der Waals surface area contributed by atoms with Crippen molar-refractivity contribution in [2.24, 2.45) is 0 Å². The van der Waals surface area contributed by atoms with Gasteiger partial charge in [-0.1, -0.05) is 39.7 Å². The highest BCUT2D eigenvalue weighted by atomic mass is 79.9. The average Bonchev–Trinajstić information content (AvgIpc) is 3.33. The third-order valence-corrected chi connectivity index (χ3v) is 7.31. The summed E-state index contributed by atoms with van der Waals surface area (Å²) in [5, 5.41) is 12.3. The molecule has 32 heavy (non-hydrogen) atoms. The maximum atomic E-state index is 14.3. The lowest BCUT2D eigenvalue weighted by molar-refractivity contribution is -0.0548. The maximum Gasteiger partial charge on any atom is 0.259 e. The van der Waals surface area contributed by atoms with E-state index in [0.29, 0.717) is 21.3 Å². The molecule has 1 N–H and O–H groups in total. The van der Waals surface area contributed by atoms with Crippen molar-refractivity contribution in [3.8, 4) is 5.75 Å². The number of amides is 1. The summed E-state index contributed by atoms with van der Waals surface area (Å²) < 4.78 is 20.8. The van der Waals surface area contributed by atoms with Crippen LogP contribution >= 0.6 is 38.9 Å². The van der Waals surface area contributed by atoms with Gasteiger partial charge in [0.05, 0.1) is 28.4 Å². The van der Waals surface area contributed by atoms with E-state index in [0.717, 1.165) is 16.3 Å².